The van der Waals surface area contributed by atoms with E-state index in [0.29, 0.717) is 25.8 Å². The van der Waals surface area contributed by atoms with Crippen molar-refractivity contribution in [2.75, 3.05) is 13.7 Å². The molecule has 4 N–H and O–H groups in total. The van der Waals surface area contributed by atoms with Crippen LogP contribution in [0.15, 0.2) is 85.1 Å². The predicted octanol–water partition coefficient (Wildman–Crippen LogP) is 4.29. The van der Waals surface area contributed by atoms with Gasteiger partial charge in [0.15, 0.2) is 0 Å². The fourth-order valence-corrected chi connectivity index (χ4v) is 4.79. The van der Waals surface area contributed by atoms with Gasteiger partial charge in [-0.15, -0.1) is 0 Å². The number of rotatable bonds is 14. The third kappa shape index (κ3) is 7.96. The van der Waals surface area contributed by atoms with Crippen LogP contribution < -0.4 is 15.4 Å². The molecule has 8 heteroatoms. The third-order valence-electron chi connectivity index (χ3n) is 7.02. The second-order valence-electron chi connectivity index (χ2n) is 9.83. The summed E-state index contributed by atoms with van der Waals surface area (Å²) in [6.07, 6.45) is 3.30. The molecule has 0 aliphatic rings. The van der Waals surface area contributed by atoms with Crippen molar-refractivity contribution in [1.82, 2.24) is 15.6 Å². The third-order valence-corrected chi connectivity index (χ3v) is 7.02. The average Bonchev–Trinajstić information content (AvgIpc) is 3.38. The molecule has 2 amide bonds. The van der Waals surface area contributed by atoms with Crippen molar-refractivity contribution in [3.05, 3.63) is 102 Å². The number of carbonyl (C=O) groups excluding carboxylic acids is 2. The molecule has 0 aliphatic heterocycles. The van der Waals surface area contributed by atoms with Crippen LogP contribution >= 0.6 is 0 Å². The van der Waals surface area contributed by atoms with Gasteiger partial charge in [0.2, 0.25) is 11.8 Å². The van der Waals surface area contributed by atoms with Gasteiger partial charge < -0.3 is 25.5 Å². The number of aliphatic carboxylic acids is 1. The SMILES string of the molecule is COc1ccc(CC[C@H](CC(=O)O)C(=O)N[C@@H](Cc2c[nH]c3ccccc23)C(=O)NCCc2ccccc2)cc1. The van der Waals surface area contributed by atoms with Crippen LogP contribution in [0.1, 0.15) is 29.5 Å². The van der Waals surface area contributed by atoms with E-state index >= 15 is 0 Å². The van der Waals surface area contributed by atoms with Crippen molar-refractivity contribution in [3.63, 3.8) is 0 Å². The summed E-state index contributed by atoms with van der Waals surface area (Å²) < 4.78 is 5.19. The van der Waals surface area contributed by atoms with Gasteiger partial charge in [0, 0.05) is 36.0 Å². The van der Waals surface area contributed by atoms with Gasteiger partial charge >= 0.3 is 5.97 Å². The lowest BCUT2D eigenvalue weighted by atomic mass is 9.94. The number of fused-ring (bicyclic) bond motifs is 1. The molecule has 4 aromatic rings. The van der Waals surface area contributed by atoms with Gasteiger partial charge in [0.1, 0.15) is 11.8 Å². The van der Waals surface area contributed by atoms with E-state index in [0.717, 1.165) is 33.3 Å². The van der Waals surface area contributed by atoms with Gasteiger partial charge in [-0.05, 0) is 54.2 Å². The summed E-state index contributed by atoms with van der Waals surface area (Å²) in [5, 5.41) is 16.3. The highest BCUT2D eigenvalue weighted by atomic mass is 16.5. The first-order valence-corrected chi connectivity index (χ1v) is 13.4. The van der Waals surface area contributed by atoms with Crippen LogP contribution in [0.25, 0.3) is 10.9 Å². The molecule has 3 aromatic carbocycles. The Kier molecular flexibility index (Phi) is 9.93. The minimum absolute atomic E-state index is 0.269. The molecule has 208 valence electrons. The summed E-state index contributed by atoms with van der Waals surface area (Å²) >= 11 is 0. The predicted molar refractivity (Wildman–Crippen MR) is 154 cm³/mol. The number of hydrogen-bond donors (Lipinski definition) is 4. The molecule has 0 spiro atoms. The van der Waals surface area contributed by atoms with E-state index in [-0.39, 0.29) is 18.7 Å². The van der Waals surface area contributed by atoms with Crippen LogP contribution in [0, 0.1) is 5.92 Å². The van der Waals surface area contributed by atoms with E-state index in [1.54, 1.807) is 7.11 Å². The second kappa shape index (κ2) is 14.0. The first-order valence-electron chi connectivity index (χ1n) is 13.4. The Hall–Kier alpha value is -4.59. The maximum absolute atomic E-state index is 13.4. The van der Waals surface area contributed by atoms with Gasteiger partial charge in [-0.1, -0.05) is 60.7 Å². The number of H-pyrrole nitrogens is 1. The van der Waals surface area contributed by atoms with Crippen molar-refractivity contribution in [3.8, 4) is 5.75 Å². The van der Waals surface area contributed by atoms with Crippen molar-refractivity contribution in [2.45, 2.75) is 38.1 Å². The normalized spacial score (nSPS) is 12.4. The Morgan fingerprint density at radius 1 is 0.875 bits per heavy atom. The molecule has 0 bridgehead atoms. The number of carboxylic acids is 1. The van der Waals surface area contributed by atoms with Crippen molar-refractivity contribution in [1.29, 1.82) is 0 Å². The first-order chi connectivity index (χ1) is 19.4. The average molecular weight is 542 g/mol. The molecule has 40 heavy (non-hydrogen) atoms. The molecule has 1 aromatic heterocycles. The van der Waals surface area contributed by atoms with E-state index in [4.69, 9.17) is 4.74 Å². The largest absolute Gasteiger partial charge is 0.497 e. The fourth-order valence-electron chi connectivity index (χ4n) is 4.79. The van der Waals surface area contributed by atoms with Crippen LogP contribution in [0.3, 0.4) is 0 Å². The van der Waals surface area contributed by atoms with Crippen molar-refractivity contribution in [2.24, 2.45) is 5.92 Å². The maximum atomic E-state index is 13.4. The highest BCUT2D eigenvalue weighted by Crippen LogP contribution is 2.21. The van der Waals surface area contributed by atoms with Crippen LogP contribution in [-0.2, 0) is 33.6 Å². The van der Waals surface area contributed by atoms with Crippen LogP contribution in [-0.4, -0.2) is 47.6 Å². The standard InChI is InChI=1S/C32H35N3O5/c1-40-26-15-12-23(13-16-26)11-14-24(20-30(36)37)31(38)35-29(19-25-21-34-28-10-6-5-9-27(25)28)32(39)33-18-17-22-7-3-2-4-8-22/h2-10,12-13,15-16,21,24,29,34H,11,14,17-20H2,1H3,(H,33,39)(H,35,38)(H,36,37)/t24-,29+/m1/s1. The Labute approximate surface area is 233 Å². The number of hydrogen-bond acceptors (Lipinski definition) is 4. The Bertz CT molecular complexity index is 1420. The molecule has 0 aliphatic carbocycles. The quantitative estimate of drug-likeness (QED) is 0.190. The van der Waals surface area contributed by atoms with E-state index in [1.165, 1.54) is 0 Å². The van der Waals surface area contributed by atoms with E-state index < -0.39 is 23.8 Å². The number of methoxy groups -OCH3 is 1. The number of nitrogens with one attached hydrogen (secondary N) is 3. The zero-order valence-corrected chi connectivity index (χ0v) is 22.6. The minimum atomic E-state index is -1.06. The van der Waals surface area contributed by atoms with Crippen molar-refractivity contribution < 1.29 is 24.2 Å². The van der Waals surface area contributed by atoms with Crippen molar-refractivity contribution >= 4 is 28.7 Å². The highest BCUT2D eigenvalue weighted by Gasteiger charge is 2.28. The molecular weight excluding hydrogens is 506 g/mol. The molecule has 0 radical (unpaired) electrons. The van der Waals surface area contributed by atoms with Gasteiger partial charge in [-0.2, -0.15) is 0 Å². The first kappa shape index (κ1) is 28.4. The molecule has 8 nitrogen and oxygen atoms in total. The zero-order valence-electron chi connectivity index (χ0n) is 22.6. The van der Waals surface area contributed by atoms with E-state index in [1.807, 2.05) is 85.1 Å². The molecular formula is C32H35N3O5. The maximum Gasteiger partial charge on any atom is 0.304 e. The molecule has 4 rings (SSSR count). The number of carbonyl (C=O) groups is 3. The summed E-state index contributed by atoms with van der Waals surface area (Å²) in [7, 11) is 1.59. The second-order valence-corrected chi connectivity index (χ2v) is 9.83. The lowest BCUT2D eigenvalue weighted by Gasteiger charge is -2.22. The van der Waals surface area contributed by atoms with Crippen LogP contribution in [0.2, 0.25) is 0 Å². The summed E-state index contributed by atoms with van der Waals surface area (Å²) in [5.41, 5.74) is 3.90. The summed E-state index contributed by atoms with van der Waals surface area (Å²) in [4.78, 5) is 41.6. The number of para-hydroxylation sites is 1. The fraction of sp³-hybridized carbons (Fsp3) is 0.281. The van der Waals surface area contributed by atoms with Gasteiger partial charge in [0.25, 0.3) is 0 Å². The number of ether oxygens (including phenoxy) is 1. The van der Waals surface area contributed by atoms with Gasteiger partial charge in [-0.25, -0.2) is 0 Å². The highest BCUT2D eigenvalue weighted by molar-refractivity contribution is 5.91. The van der Waals surface area contributed by atoms with Crippen LogP contribution in [0.4, 0.5) is 0 Å². The van der Waals surface area contributed by atoms with Crippen LogP contribution in [0.5, 0.6) is 5.75 Å². The topological polar surface area (TPSA) is 121 Å². The Morgan fingerprint density at radius 2 is 1.57 bits per heavy atom. The number of aryl methyl sites for hydroxylation is 1. The summed E-state index contributed by atoms with van der Waals surface area (Å²) in [5.74, 6) is -1.88. The monoisotopic (exact) mass is 541 g/mol. The number of aromatic nitrogens is 1. The Balaban J connectivity index is 1.47. The molecule has 2 atom stereocenters. The molecule has 0 unspecified atom stereocenters. The zero-order chi connectivity index (χ0) is 28.3. The number of benzene rings is 3. The molecule has 0 fully saturated rings. The molecule has 0 saturated heterocycles. The van der Waals surface area contributed by atoms with E-state index in [2.05, 4.69) is 15.6 Å². The number of amides is 2. The van der Waals surface area contributed by atoms with Gasteiger partial charge in [0.05, 0.1) is 13.5 Å². The summed E-state index contributed by atoms with van der Waals surface area (Å²) in [6, 6.07) is 24.2. The lowest BCUT2D eigenvalue weighted by Crippen LogP contribution is -2.50. The smallest absolute Gasteiger partial charge is 0.304 e. The number of carboxylic acid groups (broad SMARTS) is 1. The Morgan fingerprint density at radius 3 is 2.30 bits per heavy atom. The van der Waals surface area contributed by atoms with Gasteiger partial charge in [-0.3, -0.25) is 14.4 Å². The minimum Gasteiger partial charge on any atom is -0.497 e. The summed E-state index contributed by atoms with van der Waals surface area (Å²) in [6.45, 7) is 0.416. The van der Waals surface area contributed by atoms with E-state index in [9.17, 15) is 19.5 Å². The molecule has 0 saturated carbocycles. The molecule has 1 heterocycles. The lowest BCUT2D eigenvalue weighted by molar-refractivity contribution is -0.141. The number of aromatic amines is 1.